The SMILES string of the molecule is COc1ccc2nccc(C(F)CC[C@@H]3CCN(CC#Cc4ccc(C(F)(F)F)cc4Cl)C[C@@H]3CC(=O)O)c2c1. The number of carboxylic acids is 1. The van der Waals surface area contributed by atoms with E-state index in [2.05, 4.69) is 16.8 Å². The first-order valence-corrected chi connectivity index (χ1v) is 13.3. The molecule has 40 heavy (non-hydrogen) atoms. The number of aliphatic carboxylic acids is 1. The summed E-state index contributed by atoms with van der Waals surface area (Å²) in [6.07, 6.45) is -2.69. The number of rotatable bonds is 8. The number of carbonyl (C=O) groups is 1. The Balaban J connectivity index is 1.38. The van der Waals surface area contributed by atoms with Crippen molar-refractivity contribution >= 4 is 28.5 Å². The van der Waals surface area contributed by atoms with Crippen molar-refractivity contribution in [2.24, 2.45) is 11.8 Å². The lowest BCUT2D eigenvalue weighted by Crippen LogP contribution is -2.41. The Kier molecular flexibility index (Phi) is 9.54. The monoisotopic (exact) mass is 576 g/mol. The Bertz CT molecular complexity index is 1420. The van der Waals surface area contributed by atoms with Gasteiger partial charge in [0.15, 0.2) is 0 Å². The Hall–Kier alpha value is -3.35. The molecular formula is C30H29ClF4N2O3. The van der Waals surface area contributed by atoms with Crippen LogP contribution in [-0.2, 0) is 11.0 Å². The number of ether oxygens (including phenoxy) is 1. The van der Waals surface area contributed by atoms with E-state index < -0.39 is 23.9 Å². The molecule has 0 spiro atoms. The van der Waals surface area contributed by atoms with Gasteiger partial charge in [-0.3, -0.25) is 14.7 Å². The molecule has 2 heterocycles. The number of fused-ring (bicyclic) bond motifs is 1. The standard InChI is InChI=1S/C30H29ClF4N2O3/c1-40-23-7-9-28-25(17-23)24(10-12-36-28)27(32)8-5-19-11-14-37(18-21(19)15-29(38)39)13-2-3-20-4-6-22(16-26(20)31)30(33,34)35/h4,6-7,9-10,12,16-17,19,21,27H,5,8,11,13-15,18H2,1H3,(H,38,39)/t19-,21+,27?/m1/s1. The maximum Gasteiger partial charge on any atom is 0.416 e. The molecule has 0 bridgehead atoms. The Morgan fingerprint density at radius 1 is 1.23 bits per heavy atom. The fourth-order valence-corrected chi connectivity index (χ4v) is 5.47. The molecule has 0 amide bonds. The number of halogens is 5. The number of alkyl halides is 4. The largest absolute Gasteiger partial charge is 0.497 e. The lowest BCUT2D eigenvalue weighted by Gasteiger charge is -2.37. The maximum absolute atomic E-state index is 15.5. The van der Waals surface area contributed by atoms with Gasteiger partial charge in [-0.05, 0) is 85.7 Å². The van der Waals surface area contributed by atoms with Gasteiger partial charge in [0.25, 0.3) is 0 Å². The molecule has 1 fully saturated rings. The first-order valence-electron chi connectivity index (χ1n) is 12.9. The van der Waals surface area contributed by atoms with Crippen molar-refractivity contribution in [3.05, 3.63) is 70.4 Å². The average Bonchev–Trinajstić information content (AvgIpc) is 2.91. The molecule has 3 atom stereocenters. The zero-order chi connectivity index (χ0) is 28.9. The molecule has 0 saturated carbocycles. The van der Waals surface area contributed by atoms with Crippen molar-refractivity contribution in [2.75, 3.05) is 26.7 Å². The summed E-state index contributed by atoms with van der Waals surface area (Å²) in [5.74, 6) is 5.32. The van der Waals surface area contributed by atoms with Crippen LogP contribution in [0.4, 0.5) is 17.6 Å². The van der Waals surface area contributed by atoms with E-state index in [0.29, 0.717) is 60.3 Å². The molecule has 1 aliphatic heterocycles. The molecule has 0 aliphatic carbocycles. The van der Waals surface area contributed by atoms with Crippen LogP contribution in [0, 0.1) is 23.7 Å². The van der Waals surface area contributed by atoms with E-state index in [1.54, 1.807) is 37.6 Å². The van der Waals surface area contributed by atoms with E-state index in [1.165, 1.54) is 6.07 Å². The van der Waals surface area contributed by atoms with Crippen LogP contribution in [0.1, 0.15) is 48.5 Å². The van der Waals surface area contributed by atoms with Crippen LogP contribution in [0.2, 0.25) is 5.02 Å². The number of hydrogen-bond acceptors (Lipinski definition) is 4. The van der Waals surface area contributed by atoms with Gasteiger partial charge in [-0.1, -0.05) is 23.4 Å². The van der Waals surface area contributed by atoms with Crippen LogP contribution in [-0.4, -0.2) is 47.7 Å². The van der Waals surface area contributed by atoms with Crippen molar-refractivity contribution < 1.29 is 32.2 Å². The average molecular weight is 577 g/mol. The number of carboxylic acid groups (broad SMARTS) is 1. The van der Waals surface area contributed by atoms with E-state index in [1.807, 2.05) is 4.90 Å². The van der Waals surface area contributed by atoms with Crippen LogP contribution in [0.5, 0.6) is 5.75 Å². The minimum Gasteiger partial charge on any atom is -0.497 e. The molecule has 4 rings (SSSR count). The number of benzene rings is 2. The van der Waals surface area contributed by atoms with Gasteiger partial charge in [0.05, 0.1) is 29.8 Å². The summed E-state index contributed by atoms with van der Waals surface area (Å²) in [6, 6.07) is 10.0. The zero-order valence-corrected chi connectivity index (χ0v) is 22.6. The van der Waals surface area contributed by atoms with Crippen molar-refractivity contribution in [3.63, 3.8) is 0 Å². The molecule has 1 saturated heterocycles. The molecule has 1 aliphatic rings. The maximum atomic E-state index is 15.5. The van der Waals surface area contributed by atoms with Gasteiger partial charge in [0.2, 0.25) is 0 Å². The summed E-state index contributed by atoms with van der Waals surface area (Å²) in [6.45, 7) is 1.46. The molecule has 1 unspecified atom stereocenters. The summed E-state index contributed by atoms with van der Waals surface area (Å²) >= 11 is 5.99. The third-order valence-electron chi connectivity index (χ3n) is 7.35. The summed E-state index contributed by atoms with van der Waals surface area (Å²) in [4.78, 5) is 17.9. The van der Waals surface area contributed by atoms with Gasteiger partial charge in [-0.25, -0.2) is 4.39 Å². The smallest absolute Gasteiger partial charge is 0.416 e. The number of nitrogens with zero attached hydrogens (tertiary/aromatic N) is 2. The van der Waals surface area contributed by atoms with E-state index in [4.69, 9.17) is 16.3 Å². The molecule has 0 radical (unpaired) electrons. The lowest BCUT2D eigenvalue weighted by atomic mass is 9.79. The van der Waals surface area contributed by atoms with Gasteiger partial charge in [0.1, 0.15) is 11.9 Å². The molecule has 3 aromatic rings. The number of pyridine rings is 1. The van der Waals surface area contributed by atoms with E-state index in [-0.39, 0.29) is 29.7 Å². The zero-order valence-electron chi connectivity index (χ0n) is 21.8. The highest BCUT2D eigenvalue weighted by Gasteiger charge is 2.32. The number of methoxy groups -OCH3 is 1. The third kappa shape index (κ3) is 7.43. The van der Waals surface area contributed by atoms with Crippen LogP contribution in [0.3, 0.4) is 0 Å². The van der Waals surface area contributed by atoms with E-state index in [9.17, 15) is 23.1 Å². The Labute approximate surface area is 235 Å². The summed E-state index contributed by atoms with van der Waals surface area (Å²) < 4.78 is 59.3. The summed E-state index contributed by atoms with van der Waals surface area (Å²) in [5, 5.41) is 10.1. The van der Waals surface area contributed by atoms with Crippen molar-refractivity contribution in [1.82, 2.24) is 9.88 Å². The second kappa shape index (κ2) is 12.9. The Morgan fingerprint density at radius 3 is 2.73 bits per heavy atom. The van der Waals surface area contributed by atoms with Crippen molar-refractivity contribution in [2.45, 2.75) is 38.0 Å². The normalized spacial score (nSPS) is 18.6. The van der Waals surface area contributed by atoms with Gasteiger partial charge >= 0.3 is 12.1 Å². The topological polar surface area (TPSA) is 62.7 Å². The van der Waals surface area contributed by atoms with Gasteiger partial charge in [-0.2, -0.15) is 13.2 Å². The fourth-order valence-electron chi connectivity index (χ4n) is 5.24. The second-order valence-electron chi connectivity index (χ2n) is 9.96. The predicted molar refractivity (Wildman–Crippen MR) is 145 cm³/mol. The number of piperidine rings is 1. The molecule has 10 heteroatoms. The van der Waals surface area contributed by atoms with Crippen LogP contribution in [0.25, 0.3) is 10.9 Å². The predicted octanol–water partition coefficient (Wildman–Crippen LogP) is 7.17. The van der Waals surface area contributed by atoms with Crippen molar-refractivity contribution in [3.8, 4) is 17.6 Å². The number of likely N-dealkylation sites (tertiary alicyclic amines) is 1. The number of hydrogen-bond donors (Lipinski definition) is 1. The highest BCUT2D eigenvalue weighted by molar-refractivity contribution is 6.31. The highest BCUT2D eigenvalue weighted by atomic mass is 35.5. The minimum absolute atomic E-state index is 0.0329. The minimum atomic E-state index is -4.49. The van der Waals surface area contributed by atoms with Crippen LogP contribution < -0.4 is 4.74 Å². The van der Waals surface area contributed by atoms with Gasteiger partial charge in [0, 0.05) is 30.1 Å². The third-order valence-corrected chi connectivity index (χ3v) is 7.66. The lowest BCUT2D eigenvalue weighted by molar-refractivity contribution is -0.139. The fraction of sp³-hybridized carbons (Fsp3) is 0.400. The highest BCUT2D eigenvalue weighted by Crippen LogP contribution is 2.36. The van der Waals surface area contributed by atoms with Crippen LogP contribution in [0.15, 0.2) is 48.7 Å². The van der Waals surface area contributed by atoms with Gasteiger partial charge < -0.3 is 9.84 Å². The first kappa shape index (κ1) is 29.6. The Morgan fingerprint density at radius 2 is 2.02 bits per heavy atom. The van der Waals surface area contributed by atoms with E-state index >= 15 is 4.39 Å². The number of aromatic nitrogens is 1. The van der Waals surface area contributed by atoms with Crippen molar-refractivity contribution in [1.29, 1.82) is 0 Å². The second-order valence-corrected chi connectivity index (χ2v) is 10.4. The molecule has 1 aromatic heterocycles. The summed E-state index contributed by atoms with van der Waals surface area (Å²) in [5.41, 5.74) is 0.668. The molecule has 2 aromatic carbocycles. The van der Waals surface area contributed by atoms with E-state index in [0.717, 1.165) is 12.1 Å². The quantitative estimate of drug-likeness (QED) is 0.227. The van der Waals surface area contributed by atoms with Crippen LogP contribution >= 0.6 is 11.6 Å². The first-order chi connectivity index (χ1) is 19.0. The van der Waals surface area contributed by atoms with Gasteiger partial charge in [-0.15, -0.1) is 0 Å². The molecule has 5 nitrogen and oxygen atoms in total. The summed E-state index contributed by atoms with van der Waals surface area (Å²) in [7, 11) is 1.55. The molecule has 212 valence electrons. The molecular weight excluding hydrogens is 548 g/mol. The molecule has 1 N–H and O–H groups in total.